The van der Waals surface area contributed by atoms with Gasteiger partial charge in [-0.15, -0.1) is 0 Å². The summed E-state index contributed by atoms with van der Waals surface area (Å²) in [6.07, 6.45) is 9.40. The van der Waals surface area contributed by atoms with Crippen LogP contribution in [0.5, 0.6) is 0 Å². The Bertz CT molecular complexity index is 567. The molecule has 0 N–H and O–H groups in total. The quantitative estimate of drug-likeness (QED) is 0.843. The smallest absolute Gasteiger partial charge is 0.132 e. The summed E-state index contributed by atoms with van der Waals surface area (Å²) in [6.45, 7) is 8.32. The van der Waals surface area contributed by atoms with Gasteiger partial charge in [-0.2, -0.15) is 0 Å². The van der Waals surface area contributed by atoms with Crippen molar-refractivity contribution in [2.24, 2.45) is 0 Å². The standard InChI is InChI=1S/C20H32N4O/c1-16-21-19(17-8-13-25-15-17)14-20(22-16)24-10-5-9-23(11-12-24)18-6-3-2-4-7-18/h14,17-18H,2-13,15H2,1H3/t17-/m0/s1. The van der Waals surface area contributed by atoms with Gasteiger partial charge in [0, 0.05) is 50.8 Å². The number of hydrogen-bond donors (Lipinski definition) is 0. The van der Waals surface area contributed by atoms with Crippen LogP contribution < -0.4 is 4.90 Å². The Morgan fingerprint density at radius 3 is 2.64 bits per heavy atom. The Morgan fingerprint density at radius 2 is 1.84 bits per heavy atom. The first-order valence-corrected chi connectivity index (χ1v) is 10.2. The summed E-state index contributed by atoms with van der Waals surface area (Å²) < 4.78 is 5.56. The predicted octanol–water partition coefficient (Wildman–Crippen LogP) is 3.13. The molecule has 2 aliphatic heterocycles. The molecule has 0 bridgehead atoms. The van der Waals surface area contributed by atoms with Crippen LogP contribution in [-0.4, -0.2) is 60.3 Å². The molecular weight excluding hydrogens is 312 g/mol. The van der Waals surface area contributed by atoms with Crippen LogP contribution in [0.2, 0.25) is 0 Å². The minimum Gasteiger partial charge on any atom is -0.381 e. The number of ether oxygens (including phenoxy) is 1. The lowest BCUT2D eigenvalue weighted by Crippen LogP contribution is -2.39. The molecule has 1 saturated carbocycles. The van der Waals surface area contributed by atoms with Gasteiger partial charge < -0.3 is 9.64 Å². The van der Waals surface area contributed by atoms with Gasteiger partial charge in [0.2, 0.25) is 0 Å². The van der Waals surface area contributed by atoms with E-state index >= 15 is 0 Å². The van der Waals surface area contributed by atoms with Crippen molar-refractivity contribution >= 4 is 5.82 Å². The fourth-order valence-corrected chi connectivity index (χ4v) is 4.69. The number of anilines is 1. The molecule has 0 radical (unpaired) electrons. The van der Waals surface area contributed by atoms with Crippen molar-refractivity contribution in [3.05, 3.63) is 17.6 Å². The first-order valence-electron chi connectivity index (χ1n) is 10.2. The maximum Gasteiger partial charge on any atom is 0.132 e. The van der Waals surface area contributed by atoms with Crippen LogP contribution in [0.1, 0.15) is 62.4 Å². The van der Waals surface area contributed by atoms with E-state index in [0.29, 0.717) is 5.92 Å². The topological polar surface area (TPSA) is 41.5 Å². The predicted molar refractivity (Wildman–Crippen MR) is 100 cm³/mol. The fourth-order valence-electron chi connectivity index (χ4n) is 4.69. The SMILES string of the molecule is Cc1nc([C@H]2CCOC2)cc(N2CCCN(C3CCCCC3)CC2)n1. The summed E-state index contributed by atoms with van der Waals surface area (Å²) >= 11 is 0. The van der Waals surface area contributed by atoms with Gasteiger partial charge in [-0.25, -0.2) is 9.97 Å². The van der Waals surface area contributed by atoms with Gasteiger partial charge in [0.25, 0.3) is 0 Å². The molecule has 1 aliphatic carbocycles. The van der Waals surface area contributed by atoms with Crippen molar-refractivity contribution in [1.29, 1.82) is 0 Å². The molecule has 3 fully saturated rings. The molecular formula is C20H32N4O. The second-order valence-corrected chi connectivity index (χ2v) is 7.93. The van der Waals surface area contributed by atoms with Crippen LogP contribution in [0.3, 0.4) is 0 Å². The Balaban J connectivity index is 1.44. The highest BCUT2D eigenvalue weighted by molar-refractivity contribution is 5.41. The highest BCUT2D eigenvalue weighted by atomic mass is 16.5. The molecule has 1 aromatic heterocycles. The van der Waals surface area contributed by atoms with E-state index in [-0.39, 0.29) is 0 Å². The van der Waals surface area contributed by atoms with Crippen molar-refractivity contribution in [2.75, 3.05) is 44.3 Å². The van der Waals surface area contributed by atoms with E-state index in [1.807, 2.05) is 6.92 Å². The molecule has 0 amide bonds. The van der Waals surface area contributed by atoms with Crippen molar-refractivity contribution < 1.29 is 4.74 Å². The molecule has 0 aromatic carbocycles. The van der Waals surface area contributed by atoms with Gasteiger partial charge in [0.1, 0.15) is 11.6 Å². The van der Waals surface area contributed by atoms with Gasteiger partial charge in [0.05, 0.1) is 12.3 Å². The van der Waals surface area contributed by atoms with E-state index in [9.17, 15) is 0 Å². The summed E-state index contributed by atoms with van der Waals surface area (Å²) in [5.41, 5.74) is 1.17. The first kappa shape index (κ1) is 17.2. The lowest BCUT2D eigenvalue weighted by atomic mass is 9.94. The molecule has 25 heavy (non-hydrogen) atoms. The Morgan fingerprint density at radius 1 is 0.960 bits per heavy atom. The minimum atomic E-state index is 0.450. The summed E-state index contributed by atoms with van der Waals surface area (Å²) in [7, 11) is 0. The number of hydrogen-bond acceptors (Lipinski definition) is 5. The Labute approximate surface area is 151 Å². The lowest BCUT2D eigenvalue weighted by molar-refractivity contribution is 0.166. The molecule has 138 valence electrons. The van der Waals surface area contributed by atoms with Crippen LogP contribution in [-0.2, 0) is 4.74 Å². The number of aromatic nitrogens is 2. The molecule has 5 heteroatoms. The monoisotopic (exact) mass is 344 g/mol. The van der Waals surface area contributed by atoms with E-state index in [2.05, 4.69) is 15.9 Å². The van der Waals surface area contributed by atoms with Crippen molar-refractivity contribution in [1.82, 2.24) is 14.9 Å². The van der Waals surface area contributed by atoms with E-state index in [4.69, 9.17) is 14.7 Å². The average molecular weight is 345 g/mol. The van der Waals surface area contributed by atoms with Crippen molar-refractivity contribution in [2.45, 2.75) is 63.8 Å². The summed E-state index contributed by atoms with van der Waals surface area (Å²) in [4.78, 5) is 14.7. The van der Waals surface area contributed by atoms with Crippen LogP contribution in [0.4, 0.5) is 5.82 Å². The summed E-state index contributed by atoms with van der Waals surface area (Å²) in [6, 6.07) is 3.05. The lowest BCUT2D eigenvalue weighted by Gasteiger charge is -2.33. The number of aryl methyl sites for hydroxylation is 1. The molecule has 3 heterocycles. The molecule has 1 atom stereocenters. The number of nitrogens with zero attached hydrogens (tertiary/aromatic N) is 4. The van der Waals surface area contributed by atoms with Crippen LogP contribution >= 0.6 is 0 Å². The average Bonchev–Trinajstić information content (AvgIpc) is 3.06. The third-order valence-corrected chi connectivity index (χ3v) is 6.14. The zero-order valence-corrected chi connectivity index (χ0v) is 15.6. The molecule has 5 nitrogen and oxygen atoms in total. The van der Waals surface area contributed by atoms with E-state index in [1.165, 1.54) is 57.3 Å². The Hall–Kier alpha value is -1.20. The maximum atomic E-state index is 5.56. The van der Waals surface area contributed by atoms with Crippen LogP contribution in [0.15, 0.2) is 6.07 Å². The molecule has 1 aromatic rings. The first-order chi connectivity index (χ1) is 12.3. The molecule has 2 saturated heterocycles. The van der Waals surface area contributed by atoms with E-state index in [1.54, 1.807) is 0 Å². The third kappa shape index (κ3) is 4.14. The number of rotatable bonds is 3. The zero-order chi connectivity index (χ0) is 17.1. The largest absolute Gasteiger partial charge is 0.381 e. The van der Waals surface area contributed by atoms with E-state index in [0.717, 1.165) is 50.4 Å². The van der Waals surface area contributed by atoms with Crippen molar-refractivity contribution in [3.8, 4) is 0 Å². The Kier molecular flexibility index (Phi) is 5.51. The van der Waals surface area contributed by atoms with Gasteiger partial charge in [0.15, 0.2) is 0 Å². The van der Waals surface area contributed by atoms with Gasteiger partial charge in [-0.3, -0.25) is 4.90 Å². The van der Waals surface area contributed by atoms with Crippen LogP contribution in [0, 0.1) is 6.92 Å². The highest BCUT2D eigenvalue weighted by Crippen LogP contribution is 2.27. The van der Waals surface area contributed by atoms with Gasteiger partial charge in [-0.05, 0) is 32.6 Å². The second-order valence-electron chi connectivity index (χ2n) is 7.93. The van der Waals surface area contributed by atoms with E-state index < -0.39 is 0 Å². The van der Waals surface area contributed by atoms with Gasteiger partial charge in [-0.1, -0.05) is 19.3 Å². The molecule has 4 rings (SSSR count). The normalized spacial score (nSPS) is 26.8. The molecule has 0 spiro atoms. The minimum absolute atomic E-state index is 0.450. The molecule has 3 aliphatic rings. The zero-order valence-electron chi connectivity index (χ0n) is 15.6. The van der Waals surface area contributed by atoms with Gasteiger partial charge >= 0.3 is 0 Å². The molecule has 0 unspecified atom stereocenters. The second kappa shape index (κ2) is 8.00. The van der Waals surface area contributed by atoms with Crippen molar-refractivity contribution in [3.63, 3.8) is 0 Å². The third-order valence-electron chi connectivity index (χ3n) is 6.14. The fraction of sp³-hybridized carbons (Fsp3) is 0.800. The summed E-state index contributed by atoms with van der Waals surface area (Å²) in [5, 5.41) is 0. The summed E-state index contributed by atoms with van der Waals surface area (Å²) in [5.74, 6) is 2.47. The maximum absolute atomic E-state index is 5.56. The van der Waals surface area contributed by atoms with Crippen LogP contribution in [0.25, 0.3) is 0 Å². The highest BCUT2D eigenvalue weighted by Gasteiger charge is 2.25.